The summed E-state index contributed by atoms with van der Waals surface area (Å²) in [5.74, 6) is 0.426. The fourth-order valence-electron chi connectivity index (χ4n) is 2.01. The maximum atomic E-state index is 13.2. The normalized spacial score (nSPS) is 11.0. The molecule has 0 fully saturated rings. The molecule has 0 unspecified atom stereocenters. The summed E-state index contributed by atoms with van der Waals surface area (Å²) in [5.41, 5.74) is 8.71. The van der Waals surface area contributed by atoms with E-state index >= 15 is 0 Å². The standard InChI is InChI=1S/C13H11FN4/c1-18-12-6-8(14)2-3-11(12)17-13(18)9-4-5-16-7-10(9)15/h2-7H,15H2,1H3. The van der Waals surface area contributed by atoms with Gasteiger partial charge in [0, 0.05) is 18.8 Å². The molecule has 2 N–H and O–H groups in total. The molecule has 2 aromatic heterocycles. The zero-order valence-electron chi connectivity index (χ0n) is 9.76. The van der Waals surface area contributed by atoms with E-state index in [1.165, 1.54) is 12.1 Å². The molecule has 90 valence electrons. The summed E-state index contributed by atoms with van der Waals surface area (Å²) in [6, 6.07) is 6.32. The number of hydrogen-bond acceptors (Lipinski definition) is 3. The van der Waals surface area contributed by atoms with Gasteiger partial charge in [-0.05, 0) is 24.3 Å². The van der Waals surface area contributed by atoms with Crippen molar-refractivity contribution in [2.24, 2.45) is 7.05 Å². The number of halogens is 1. The van der Waals surface area contributed by atoms with E-state index in [0.29, 0.717) is 11.5 Å². The minimum Gasteiger partial charge on any atom is -0.397 e. The Morgan fingerprint density at radius 3 is 2.89 bits per heavy atom. The third kappa shape index (κ3) is 1.52. The Kier molecular flexibility index (Phi) is 2.26. The molecular weight excluding hydrogens is 231 g/mol. The van der Waals surface area contributed by atoms with Crippen LogP contribution in [0.4, 0.5) is 10.1 Å². The van der Waals surface area contributed by atoms with E-state index in [0.717, 1.165) is 16.6 Å². The van der Waals surface area contributed by atoms with Gasteiger partial charge in [-0.2, -0.15) is 0 Å². The van der Waals surface area contributed by atoms with E-state index in [-0.39, 0.29) is 5.82 Å². The van der Waals surface area contributed by atoms with Crippen molar-refractivity contribution in [2.45, 2.75) is 0 Å². The van der Waals surface area contributed by atoms with Crippen molar-refractivity contribution in [1.29, 1.82) is 0 Å². The highest BCUT2D eigenvalue weighted by Crippen LogP contribution is 2.27. The van der Waals surface area contributed by atoms with Gasteiger partial charge in [-0.15, -0.1) is 0 Å². The van der Waals surface area contributed by atoms with Crippen LogP contribution in [0.15, 0.2) is 36.7 Å². The zero-order chi connectivity index (χ0) is 12.7. The largest absolute Gasteiger partial charge is 0.397 e. The first-order valence-corrected chi connectivity index (χ1v) is 5.48. The van der Waals surface area contributed by atoms with Crippen LogP contribution in [0.2, 0.25) is 0 Å². The summed E-state index contributed by atoms with van der Waals surface area (Å²) < 4.78 is 15.1. The van der Waals surface area contributed by atoms with Crippen LogP contribution in [-0.2, 0) is 7.05 Å². The topological polar surface area (TPSA) is 56.7 Å². The number of anilines is 1. The second-order valence-electron chi connectivity index (χ2n) is 4.09. The first-order valence-electron chi connectivity index (χ1n) is 5.48. The molecule has 2 heterocycles. The predicted molar refractivity (Wildman–Crippen MR) is 68.3 cm³/mol. The lowest BCUT2D eigenvalue weighted by atomic mass is 10.2. The third-order valence-corrected chi connectivity index (χ3v) is 2.94. The summed E-state index contributed by atoms with van der Waals surface area (Å²) in [5, 5.41) is 0. The van der Waals surface area contributed by atoms with E-state index in [1.807, 2.05) is 11.6 Å². The van der Waals surface area contributed by atoms with Crippen molar-refractivity contribution < 1.29 is 4.39 Å². The molecule has 0 atom stereocenters. The number of aromatic nitrogens is 3. The van der Waals surface area contributed by atoms with Crippen molar-refractivity contribution in [3.05, 3.63) is 42.5 Å². The average molecular weight is 242 g/mol. The van der Waals surface area contributed by atoms with Gasteiger partial charge < -0.3 is 10.3 Å². The van der Waals surface area contributed by atoms with Gasteiger partial charge in [0.1, 0.15) is 11.6 Å². The summed E-state index contributed by atoms with van der Waals surface area (Å²) in [7, 11) is 1.84. The van der Waals surface area contributed by atoms with Crippen molar-refractivity contribution in [3.63, 3.8) is 0 Å². The van der Waals surface area contributed by atoms with Gasteiger partial charge in [0.25, 0.3) is 0 Å². The molecule has 0 bridgehead atoms. The molecule has 0 saturated heterocycles. The second-order valence-corrected chi connectivity index (χ2v) is 4.09. The monoisotopic (exact) mass is 242 g/mol. The van der Waals surface area contributed by atoms with Crippen LogP contribution in [0.1, 0.15) is 0 Å². The SMILES string of the molecule is Cn1c(-c2ccncc2N)nc2ccc(F)cc21. The lowest BCUT2D eigenvalue weighted by molar-refractivity contribution is 0.629. The van der Waals surface area contributed by atoms with E-state index in [4.69, 9.17) is 5.73 Å². The number of benzene rings is 1. The number of pyridine rings is 1. The molecule has 0 aliphatic carbocycles. The first-order chi connectivity index (χ1) is 8.66. The molecule has 0 amide bonds. The van der Waals surface area contributed by atoms with Gasteiger partial charge >= 0.3 is 0 Å². The minimum atomic E-state index is -0.278. The molecule has 3 aromatic rings. The van der Waals surface area contributed by atoms with Crippen LogP contribution in [0.5, 0.6) is 0 Å². The van der Waals surface area contributed by atoms with Gasteiger partial charge in [0.15, 0.2) is 0 Å². The lowest BCUT2D eigenvalue weighted by Crippen LogP contribution is -1.97. The minimum absolute atomic E-state index is 0.278. The molecule has 0 aliphatic rings. The maximum Gasteiger partial charge on any atom is 0.143 e. The maximum absolute atomic E-state index is 13.2. The Balaban J connectivity index is 2.31. The summed E-state index contributed by atoms with van der Waals surface area (Å²) in [6.45, 7) is 0. The van der Waals surface area contributed by atoms with Crippen LogP contribution in [-0.4, -0.2) is 14.5 Å². The highest BCUT2D eigenvalue weighted by molar-refractivity contribution is 5.83. The summed E-state index contributed by atoms with van der Waals surface area (Å²) in [4.78, 5) is 8.42. The van der Waals surface area contributed by atoms with Gasteiger partial charge in [-0.25, -0.2) is 9.37 Å². The number of nitrogen functional groups attached to an aromatic ring is 1. The third-order valence-electron chi connectivity index (χ3n) is 2.94. The molecule has 0 radical (unpaired) electrons. The number of rotatable bonds is 1. The van der Waals surface area contributed by atoms with Gasteiger partial charge in [0.2, 0.25) is 0 Å². The molecule has 4 nitrogen and oxygen atoms in total. The molecule has 18 heavy (non-hydrogen) atoms. The van der Waals surface area contributed by atoms with E-state index in [2.05, 4.69) is 9.97 Å². The Morgan fingerprint density at radius 1 is 1.28 bits per heavy atom. The van der Waals surface area contributed by atoms with Crippen LogP contribution in [0.3, 0.4) is 0 Å². The van der Waals surface area contributed by atoms with Crippen molar-refractivity contribution in [2.75, 3.05) is 5.73 Å². The van der Waals surface area contributed by atoms with Crippen LogP contribution >= 0.6 is 0 Å². The highest BCUT2D eigenvalue weighted by atomic mass is 19.1. The Labute approximate surface area is 103 Å². The zero-order valence-corrected chi connectivity index (χ0v) is 9.76. The smallest absolute Gasteiger partial charge is 0.143 e. The quantitative estimate of drug-likeness (QED) is 0.712. The van der Waals surface area contributed by atoms with Crippen molar-refractivity contribution in [3.8, 4) is 11.4 Å². The Morgan fingerprint density at radius 2 is 2.11 bits per heavy atom. The fourth-order valence-corrected chi connectivity index (χ4v) is 2.01. The molecule has 0 saturated carbocycles. The van der Waals surface area contributed by atoms with Crippen LogP contribution in [0, 0.1) is 5.82 Å². The van der Waals surface area contributed by atoms with Crippen LogP contribution in [0.25, 0.3) is 22.4 Å². The predicted octanol–water partition coefficient (Wildman–Crippen LogP) is 2.36. The first kappa shape index (κ1) is 10.7. The van der Waals surface area contributed by atoms with Gasteiger partial charge in [-0.1, -0.05) is 0 Å². The highest BCUT2D eigenvalue weighted by Gasteiger charge is 2.12. The molecule has 5 heteroatoms. The number of fused-ring (bicyclic) bond motifs is 1. The van der Waals surface area contributed by atoms with E-state index < -0.39 is 0 Å². The summed E-state index contributed by atoms with van der Waals surface area (Å²) >= 11 is 0. The number of imidazole rings is 1. The van der Waals surface area contributed by atoms with Crippen molar-refractivity contribution >= 4 is 16.7 Å². The van der Waals surface area contributed by atoms with Crippen LogP contribution < -0.4 is 5.73 Å². The molecule has 0 spiro atoms. The van der Waals surface area contributed by atoms with Gasteiger partial charge in [-0.3, -0.25) is 4.98 Å². The fraction of sp³-hybridized carbons (Fsp3) is 0.0769. The number of nitrogens with zero attached hydrogens (tertiary/aromatic N) is 3. The molecule has 3 rings (SSSR count). The number of nitrogens with two attached hydrogens (primary N) is 1. The van der Waals surface area contributed by atoms with Gasteiger partial charge in [0.05, 0.1) is 22.9 Å². The molecular formula is C13H11FN4. The van der Waals surface area contributed by atoms with E-state index in [9.17, 15) is 4.39 Å². The summed E-state index contributed by atoms with van der Waals surface area (Å²) in [6.07, 6.45) is 3.24. The lowest BCUT2D eigenvalue weighted by Gasteiger charge is -2.04. The van der Waals surface area contributed by atoms with E-state index in [1.54, 1.807) is 24.5 Å². The molecule has 0 aliphatic heterocycles. The Hall–Kier alpha value is -2.43. The molecule has 1 aromatic carbocycles. The Bertz CT molecular complexity index is 733. The second kappa shape index (κ2) is 3.80. The van der Waals surface area contributed by atoms with Crippen molar-refractivity contribution in [1.82, 2.24) is 14.5 Å². The number of aryl methyl sites for hydroxylation is 1. The average Bonchev–Trinajstić information content (AvgIpc) is 2.68. The number of hydrogen-bond donors (Lipinski definition) is 1.